The molecule has 2 N–H and O–H groups in total. The van der Waals surface area contributed by atoms with Crippen molar-refractivity contribution in [2.45, 2.75) is 32.3 Å². The Hall–Kier alpha value is -1.88. The van der Waals surface area contributed by atoms with Crippen LogP contribution in [0.1, 0.15) is 31.2 Å². The van der Waals surface area contributed by atoms with E-state index in [9.17, 15) is 9.59 Å². The summed E-state index contributed by atoms with van der Waals surface area (Å²) in [5, 5.41) is 11.2. The van der Waals surface area contributed by atoms with E-state index in [-0.39, 0.29) is 18.7 Å². The number of nitrogens with one attached hydrogen (secondary N) is 1. The number of rotatable bonds is 10. The van der Waals surface area contributed by atoms with Crippen LogP contribution in [-0.4, -0.2) is 30.1 Å². The Morgan fingerprint density at radius 2 is 1.85 bits per heavy atom. The van der Waals surface area contributed by atoms with Crippen LogP contribution in [0.4, 0.5) is 0 Å². The summed E-state index contributed by atoms with van der Waals surface area (Å²) in [6.45, 7) is 1.72. The third-order valence-electron chi connectivity index (χ3n) is 2.69. The third kappa shape index (κ3) is 8.26. The monoisotopic (exact) mass is 279 g/mol. The summed E-state index contributed by atoms with van der Waals surface area (Å²) in [6, 6.07) is 9.91. The molecule has 1 amide bonds. The van der Waals surface area contributed by atoms with Crippen LogP contribution in [0.5, 0.6) is 0 Å². The smallest absolute Gasteiger partial charge is 0.303 e. The standard InChI is InChI=1S/C15H21NO4/c17-14(8-4-9-15(18)19)16-10-5-11-20-12-13-6-2-1-3-7-13/h1-3,6-7H,4-5,8-12H2,(H,16,17)(H,18,19). The SMILES string of the molecule is O=C(O)CCCC(=O)NCCCOCc1ccccc1. The van der Waals surface area contributed by atoms with E-state index in [1.165, 1.54) is 0 Å². The van der Waals surface area contributed by atoms with Crippen LogP contribution in [0.15, 0.2) is 30.3 Å². The Balaban J connectivity index is 1.94. The van der Waals surface area contributed by atoms with Gasteiger partial charge in [0.15, 0.2) is 0 Å². The fraction of sp³-hybridized carbons (Fsp3) is 0.467. The summed E-state index contributed by atoms with van der Waals surface area (Å²) >= 11 is 0. The fourth-order valence-electron chi connectivity index (χ4n) is 1.65. The highest BCUT2D eigenvalue weighted by Gasteiger charge is 2.02. The Morgan fingerprint density at radius 3 is 2.55 bits per heavy atom. The van der Waals surface area contributed by atoms with Crippen LogP contribution < -0.4 is 5.32 Å². The molecule has 1 rings (SSSR count). The van der Waals surface area contributed by atoms with Gasteiger partial charge in [-0.3, -0.25) is 9.59 Å². The minimum absolute atomic E-state index is 0.0353. The highest BCUT2D eigenvalue weighted by molar-refractivity contribution is 5.76. The van der Waals surface area contributed by atoms with Gasteiger partial charge in [0, 0.05) is 26.0 Å². The van der Waals surface area contributed by atoms with E-state index in [1.54, 1.807) is 0 Å². The number of hydrogen-bond donors (Lipinski definition) is 2. The summed E-state index contributed by atoms with van der Waals surface area (Å²) in [7, 11) is 0. The van der Waals surface area contributed by atoms with E-state index < -0.39 is 5.97 Å². The predicted molar refractivity (Wildman–Crippen MR) is 75.2 cm³/mol. The molecule has 0 aromatic heterocycles. The zero-order chi connectivity index (χ0) is 14.6. The Bertz CT molecular complexity index is 406. The van der Waals surface area contributed by atoms with Gasteiger partial charge in [-0.15, -0.1) is 0 Å². The topological polar surface area (TPSA) is 75.6 Å². The Morgan fingerprint density at radius 1 is 1.10 bits per heavy atom. The summed E-state index contributed by atoms with van der Waals surface area (Å²) < 4.78 is 5.49. The molecule has 0 heterocycles. The van der Waals surface area contributed by atoms with Crippen molar-refractivity contribution in [2.24, 2.45) is 0 Å². The first-order valence-corrected chi connectivity index (χ1v) is 6.78. The molecule has 0 bridgehead atoms. The maximum Gasteiger partial charge on any atom is 0.303 e. The lowest BCUT2D eigenvalue weighted by Gasteiger charge is -2.06. The summed E-state index contributed by atoms with van der Waals surface area (Å²) in [5.41, 5.74) is 1.13. The van der Waals surface area contributed by atoms with E-state index in [1.807, 2.05) is 30.3 Å². The quantitative estimate of drug-likeness (QED) is 0.642. The average molecular weight is 279 g/mol. The van der Waals surface area contributed by atoms with Crippen molar-refractivity contribution in [3.05, 3.63) is 35.9 Å². The second-order valence-electron chi connectivity index (χ2n) is 4.49. The summed E-state index contributed by atoms with van der Waals surface area (Å²) in [5.74, 6) is -0.971. The second-order valence-corrected chi connectivity index (χ2v) is 4.49. The van der Waals surface area contributed by atoms with Gasteiger partial charge in [-0.1, -0.05) is 30.3 Å². The van der Waals surface area contributed by atoms with E-state index in [0.29, 0.717) is 26.2 Å². The lowest BCUT2D eigenvalue weighted by atomic mass is 10.2. The van der Waals surface area contributed by atoms with Crippen molar-refractivity contribution in [3.8, 4) is 0 Å². The van der Waals surface area contributed by atoms with E-state index >= 15 is 0 Å². The van der Waals surface area contributed by atoms with Gasteiger partial charge in [0.05, 0.1) is 6.61 Å². The van der Waals surface area contributed by atoms with Crippen molar-refractivity contribution in [1.82, 2.24) is 5.32 Å². The molecule has 0 aliphatic heterocycles. The first kappa shape index (κ1) is 16.2. The number of aliphatic carboxylic acids is 1. The molecule has 0 aliphatic rings. The largest absolute Gasteiger partial charge is 0.481 e. The lowest BCUT2D eigenvalue weighted by molar-refractivity contribution is -0.137. The molecule has 0 unspecified atom stereocenters. The third-order valence-corrected chi connectivity index (χ3v) is 2.69. The number of benzene rings is 1. The van der Waals surface area contributed by atoms with E-state index in [4.69, 9.17) is 9.84 Å². The number of carbonyl (C=O) groups excluding carboxylic acids is 1. The summed E-state index contributed by atoms with van der Waals surface area (Å²) in [6.07, 6.45) is 1.42. The number of amides is 1. The molecule has 110 valence electrons. The minimum atomic E-state index is -0.868. The van der Waals surface area contributed by atoms with Crippen LogP contribution in [0.3, 0.4) is 0 Å². The van der Waals surface area contributed by atoms with Crippen LogP contribution >= 0.6 is 0 Å². The van der Waals surface area contributed by atoms with Gasteiger partial charge in [-0.2, -0.15) is 0 Å². The zero-order valence-corrected chi connectivity index (χ0v) is 11.5. The number of carboxylic acid groups (broad SMARTS) is 1. The van der Waals surface area contributed by atoms with Gasteiger partial charge in [0.2, 0.25) is 5.91 Å². The highest BCUT2D eigenvalue weighted by atomic mass is 16.5. The van der Waals surface area contributed by atoms with Crippen LogP contribution in [-0.2, 0) is 20.9 Å². The van der Waals surface area contributed by atoms with Crippen LogP contribution in [0.2, 0.25) is 0 Å². The molecule has 1 aromatic rings. The van der Waals surface area contributed by atoms with Crippen molar-refractivity contribution in [1.29, 1.82) is 0 Å². The molecular formula is C15H21NO4. The number of hydrogen-bond acceptors (Lipinski definition) is 3. The van der Waals surface area contributed by atoms with E-state index in [0.717, 1.165) is 12.0 Å². The van der Waals surface area contributed by atoms with Gasteiger partial charge in [-0.05, 0) is 18.4 Å². The molecule has 1 aromatic carbocycles. The van der Waals surface area contributed by atoms with Gasteiger partial charge in [0.25, 0.3) is 0 Å². The zero-order valence-electron chi connectivity index (χ0n) is 11.5. The maximum absolute atomic E-state index is 11.3. The van der Waals surface area contributed by atoms with Crippen molar-refractivity contribution >= 4 is 11.9 Å². The molecule has 0 atom stereocenters. The second kappa shape index (κ2) is 9.97. The Kier molecular flexibility index (Phi) is 8.07. The average Bonchev–Trinajstić information content (AvgIpc) is 2.43. The molecule has 0 saturated carbocycles. The molecule has 20 heavy (non-hydrogen) atoms. The fourth-order valence-corrected chi connectivity index (χ4v) is 1.65. The van der Waals surface area contributed by atoms with Gasteiger partial charge in [-0.25, -0.2) is 0 Å². The van der Waals surface area contributed by atoms with Crippen LogP contribution in [0, 0.1) is 0 Å². The van der Waals surface area contributed by atoms with Gasteiger partial charge in [0.1, 0.15) is 0 Å². The molecule has 0 spiro atoms. The minimum Gasteiger partial charge on any atom is -0.481 e. The number of ether oxygens (including phenoxy) is 1. The molecule has 5 heteroatoms. The predicted octanol–water partition coefficient (Wildman–Crippen LogP) is 1.96. The van der Waals surface area contributed by atoms with Crippen molar-refractivity contribution < 1.29 is 19.4 Å². The van der Waals surface area contributed by atoms with Gasteiger partial charge < -0.3 is 15.2 Å². The summed E-state index contributed by atoms with van der Waals surface area (Å²) in [4.78, 5) is 21.6. The maximum atomic E-state index is 11.3. The molecule has 0 aliphatic carbocycles. The van der Waals surface area contributed by atoms with Gasteiger partial charge >= 0.3 is 5.97 Å². The molecule has 0 radical (unpaired) electrons. The van der Waals surface area contributed by atoms with Crippen LogP contribution in [0.25, 0.3) is 0 Å². The van der Waals surface area contributed by atoms with E-state index in [2.05, 4.69) is 5.32 Å². The molecular weight excluding hydrogens is 258 g/mol. The number of carboxylic acids is 1. The molecule has 0 fully saturated rings. The Labute approximate surface area is 118 Å². The molecule has 5 nitrogen and oxygen atoms in total. The van der Waals surface area contributed by atoms with Crippen molar-refractivity contribution in [3.63, 3.8) is 0 Å². The highest BCUT2D eigenvalue weighted by Crippen LogP contribution is 2.00. The van der Waals surface area contributed by atoms with Crippen molar-refractivity contribution in [2.75, 3.05) is 13.2 Å². The lowest BCUT2D eigenvalue weighted by Crippen LogP contribution is -2.25. The normalized spacial score (nSPS) is 10.2. The first-order valence-electron chi connectivity index (χ1n) is 6.78. The molecule has 0 saturated heterocycles. The number of carbonyl (C=O) groups is 2. The first-order chi connectivity index (χ1) is 9.68.